The Morgan fingerprint density at radius 3 is 2.86 bits per heavy atom. The zero-order valence-corrected chi connectivity index (χ0v) is 16.7. The lowest BCUT2D eigenvalue weighted by molar-refractivity contribution is 0.0988. The minimum atomic E-state index is -0.124. The predicted octanol–water partition coefficient (Wildman–Crippen LogP) is 4.30. The van der Waals surface area contributed by atoms with E-state index in [0.717, 1.165) is 47.5 Å². The van der Waals surface area contributed by atoms with Crippen LogP contribution in [0.2, 0.25) is 5.02 Å². The molecule has 0 radical (unpaired) electrons. The van der Waals surface area contributed by atoms with E-state index in [9.17, 15) is 4.79 Å². The van der Waals surface area contributed by atoms with Gasteiger partial charge >= 0.3 is 0 Å². The van der Waals surface area contributed by atoms with E-state index in [-0.39, 0.29) is 17.9 Å². The fourth-order valence-electron chi connectivity index (χ4n) is 3.46. The largest absolute Gasteiger partial charge is 0.371 e. The van der Waals surface area contributed by atoms with Gasteiger partial charge in [0, 0.05) is 42.5 Å². The highest BCUT2D eigenvalue weighted by Gasteiger charge is 2.18. The molecule has 0 aliphatic carbocycles. The van der Waals surface area contributed by atoms with Crippen LogP contribution >= 0.6 is 11.6 Å². The summed E-state index contributed by atoms with van der Waals surface area (Å²) >= 11 is 6.13. The molecule has 0 unspecified atom stereocenters. The molecule has 6 nitrogen and oxygen atoms in total. The van der Waals surface area contributed by atoms with Gasteiger partial charge in [0.25, 0.3) is 0 Å². The highest BCUT2D eigenvalue weighted by Crippen LogP contribution is 2.26. The number of nitrogens with zero attached hydrogens (tertiary/aromatic N) is 3. The summed E-state index contributed by atoms with van der Waals surface area (Å²) in [5.41, 5.74) is 6.09. The lowest BCUT2D eigenvalue weighted by atomic mass is 10.0. The number of H-pyrrole nitrogens is 2. The zero-order valence-electron chi connectivity index (χ0n) is 16.0. The number of aryl methyl sites for hydroxylation is 1. The maximum Gasteiger partial charge on any atom is 0.189 e. The van der Waals surface area contributed by atoms with Gasteiger partial charge in [0.05, 0.1) is 10.7 Å². The minimum absolute atomic E-state index is 0.124. The Kier molecular flexibility index (Phi) is 4.81. The summed E-state index contributed by atoms with van der Waals surface area (Å²) in [6.45, 7) is 9.67. The van der Waals surface area contributed by atoms with Gasteiger partial charge in [-0.1, -0.05) is 24.3 Å². The molecule has 0 saturated heterocycles. The second-order valence-electron chi connectivity index (χ2n) is 7.24. The van der Waals surface area contributed by atoms with Crippen LogP contribution in [0.4, 0.5) is 0 Å². The fourth-order valence-corrected chi connectivity index (χ4v) is 3.65. The first-order valence-corrected chi connectivity index (χ1v) is 9.61. The summed E-state index contributed by atoms with van der Waals surface area (Å²) < 4.78 is 0. The Hall–Kier alpha value is -2.86. The normalized spacial score (nSPS) is 14.4. The SMILES string of the molecule is C=C(C)N1CC=C(c2cc3cc(CC(=O)c4n[nH]c(C)c4Cl)cnc3[nH]2)CC1. The molecule has 0 bridgehead atoms. The number of aromatic amines is 2. The summed E-state index contributed by atoms with van der Waals surface area (Å²) in [6, 6.07) is 4.10. The van der Waals surface area contributed by atoms with Crippen LogP contribution in [0.3, 0.4) is 0 Å². The number of pyridine rings is 1. The van der Waals surface area contributed by atoms with Crippen LogP contribution in [0.1, 0.15) is 40.8 Å². The van der Waals surface area contributed by atoms with E-state index < -0.39 is 0 Å². The van der Waals surface area contributed by atoms with Crippen molar-refractivity contribution < 1.29 is 4.79 Å². The van der Waals surface area contributed by atoms with Crippen molar-refractivity contribution in [2.45, 2.75) is 26.7 Å². The van der Waals surface area contributed by atoms with Crippen molar-refractivity contribution in [1.29, 1.82) is 0 Å². The molecule has 3 aromatic rings. The Bertz CT molecular complexity index is 1110. The second kappa shape index (κ2) is 7.28. The van der Waals surface area contributed by atoms with Gasteiger partial charge in [-0.3, -0.25) is 9.89 Å². The number of ketones is 1. The van der Waals surface area contributed by atoms with Gasteiger partial charge in [0.15, 0.2) is 5.78 Å². The van der Waals surface area contributed by atoms with Crippen molar-refractivity contribution in [3.63, 3.8) is 0 Å². The van der Waals surface area contributed by atoms with Gasteiger partial charge in [-0.2, -0.15) is 5.10 Å². The average molecular weight is 396 g/mol. The number of hydrogen-bond donors (Lipinski definition) is 2. The van der Waals surface area contributed by atoms with Crippen LogP contribution < -0.4 is 0 Å². The van der Waals surface area contributed by atoms with Crippen LogP contribution in [-0.4, -0.2) is 43.9 Å². The van der Waals surface area contributed by atoms with Gasteiger partial charge in [-0.15, -0.1) is 0 Å². The van der Waals surface area contributed by atoms with Crippen molar-refractivity contribution in [2.75, 3.05) is 13.1 Å². The van der Waals surface area contributed by atoms with Crippen LogP contribution in [-0.2, 0) is 6.42 Å². The summed E-state index contributed by atoms with van der Waals surface area (Å²) in [4.78, 5) is 22.6. The Morgan fingerprint density at radius 2 is 2.21 bits per heavy atom. The molecule has 144 valence electrons. The number of halogens is 1. The molecule has 1 aliphatic rings. The molecule has 0 amide bonds. The van der Waals surface area contributed by atoms with Gasteiger partial charge in [-0.05, 0) is 43.5 Å². The first kappa shape index (κ1) is 18.5. The lowest BCUT2D eigenvalue weighted by Gasteiger charge is -2.28. The molecule has 0 saturated carbocycles. The smallest absolute Gasteiger partial charge is 0.189 e. The third-order valence-electron chi connectivity index (χ3n) is 5.12. The molecule has 3 aromatic heterocycles. The number of Topliss-reactive ketones (excluding diaryl/α,β-unsaturated/α-hetero) is 1. The van der Waals surface area contributed by atoms with Crippen molar-refractivity contribution >= 4 is 34.0 Å². The van der Waals surface area contributed by atoms with E-state index >= 15 is 0 Å². The molecular formula is C21H22ClN5O. The number of nitrogens with one attached hydrogen (secondary N) is 2. The van der Waals surface area contributed by atoms with E-state index in [1.54, 1.807) is 13.1 Å². The maximum absolute atomic E-state index is 12.5. The van der Waals surface area contributed by atoms with Gasteiger partial charge in [0.1, 0.15) is 11.3 Å². The number of fused-ring (bicyclic) bond motifs is 1. The maximum atomic E-state index is 12.5. The highest BCUT2D eigenvalue weighted by atomic mass is 35.5. The number of carbonyl (C=O) groups is 1. The number of rotatable bonds is 5. The third-order valence-corrected chi connectivity index (χ3v) is 5.59. The quantitative estimate of drug-likeness (QED) is 0.631. The first-order chi connectivity index (χ1) is 13.4. The molecule has 0 aromatic carbocycles. The zero-order chi connectivity index (χ0) is 19.8. The van der Waals surface area contributed by atoms with E-state index in [4.69, 9.17) is 11.6 Å². The van der Waals surface area contributed by atoms with Crippen molar-refractivity contribution in [1.82, 2.24) is 25.1 Å². The van der Waals surface area contributed by atoms with Crippen LogP contribution in [0, 0.1) is 6.92 Å². The summed E-state index contributed by atoms with van der Waals surface area (Å²) in [5, 5.41) is 8.13. The van der Waals surface area contributed by atoms with Crippen LogP contribution in [0.5, 0.6) is 0 Å². The molecule has 0 spiro atoms. The van der Waals surface area contributed by atoms with Crippen LogP contribution in [0.25, 0.3) is 16.6 Å². The lowest BCUT2D eigenvalue weighted by Crippen LogP contribution is -2.26. The van der Waals surface area contributed by atoms with Crippen molar-refractivity contribution in [3.8, 4) is 0 Å². The minimum Gasteiger partial charge on any atom is -0.371 e. The summed E-state index contributed by atoms with van der Waals surface area (Å²) in [5.74, 6) is -0.124. The summed E-state index contributed by atoms with van der Waals surface area (Å²) in [7, 11) is 0. The molecule has 4 heterocycles. The van der Waals surface area contributed by atoms with Gasteiger partial charge < -0.3 is 9.88 Å². The number of carbonyl (C=O) groups excluding carboxylic acids is 1. The van der Waals surface area contributed by atoms with Crippen molar-refractivity contribution in [3.05, 3.63) is 64.3 Å². The standard InChI is InChI=1S/C21H22ClN5O/c1-12(2)27-6-4-15(5-7-27)17-10-16-8-14(11-23-21(16)24-17)9-18(28)20-19(22)13(3)25-26-20/h4,8,10-11H,1,5-7,9H2,2-3H3,(H,23,24)(H,25,26). The van der Waals surface area contributed by atoms with E-state index in [0.29, 0.717) is 10.7 Å². The second-order valence-corrected chi connectivity index (χ2v) is 7.61. The molecule has 1 aliphatic heterocycles. The Morgan fingerprint density at radius 1 is 1.39 bits per heavy atom. The van der Waals surface area contributed by atoms with E-state index in [1.165, 1.54) is 5.57 Å². The molecule has 4 rings (SSSR count). The van der Waals surface area contributed by atoms with Crippen molar-refractivity contribution in [2.24, 2.45) is 0 Å². The molecular weight excluding hydrogens is 374 g/mol. The summed E-state index contributed by atoms with van der Waals surface area (Å²) in [6.07, 6.45) is 5.13. The molecule has 0 fully saturated rings. The monoisotopic (exact) mass is 395 g/mol. The molecule has 0 atom stereocenters. The van der Waals surface area contributed by atoms with Gasteiger partial charge in [0.2, 0.25) is 0 Å². The van der Waals surface area contributed by atoms with Crippen LogP contribution in [0.15, 0.2) is 36.7 Å². The molecule has 2 N–H and O–H groups in total. The average Bonchev–Trinajstić information content (AvgIpc) is 3.25. The highest BCUT2D eigenvalue weighted by molar-refractivity contribution is 6.34. The predicted molar refractivity (Wildman–Crippen MR) is 111 cm³/mol. The Labute approximate surface area is 168 Å². The first-order valence-electron chi connectivity index (χ1n) is 9.23. The topological polar surface area (TPSA) is 77.7 Å². The van der Waals surface area contributed by atoms with E-state index in [2.05, 4.69) is 43.8 Å². The third kappa shape index (κ3) is 3.47. The molecule has 7 heteroatoms. The van der Waals surface area contributed by atoms with Gasteiger partial charge in [-0.25, -0.2) is 4.98 Å². The number of aromatic nitrogens is 4. The molecule has 28 heavy (non-hydrogen) atoms. The number of hydrogen-bond acceptors (Lipinski definition) is 4. The van der Waals surface area contributed by atoms with E-state index in [1.807, 2.05) is 13.0 Å². The number of allylic oxidation sites excluding steroid dienone is 1. The fraction of sp³-hybridized carbons (Fsp3) is 0.286. The Balaban J connectivity index is 1.55.